The van der Waals surface area contributed by atoms with Gasteiger partial charge in [-0.15, -0.1) is 0 Å². The van der Waals surface area contributed by atoms with E-state index < -0.39 is 5.92 Å². The molecule has 0 spiro atoms. The Balaban J connectivity index is 1.79. The summed E-state index contributed by atoms with van der Waals surface area (Å²) < 4.78 is 0. The van der Waals surface area contributed by atoms with Crippen molar-refractivity contribution in [2.24, 2.45) is 16.9 Å². The smallest absolute Gasteiger partial charge is 0.180 e. The minimum Gasteiger partial charge on any atom is -0.511 e. The molecule has 0 amide bonds. The number of benzene rings is 3. The van der Waals surface area contributed by atoms with Crippen LogP contribution >= 0.6 is 0 Å². The van der Waals surface area contributed by atoms with Crippen molar-refractivity contribution in [2.45, 2.75) is 5.92 Å². The van der Waals surface area contributed by atoms with Crippen LogP contribution in [0.15, 0.2) is 102 Å². The van der Waals surface area contributed by atoms with Gasteiger partial charge in [-0.2, -0.15) is 5.10 Å². The molecule has 0 aromatic heterocycles. The van der Waals surface area contributed by atoms with Crippen LogP contribution in [-0.4, -0.2) is 16.6 Å². The van der Waals surface area contributed by atoms with Gasteiger partial charge in [0.1, 0.15) is 11.7 Å². The summed E-state index contributed by atoms with van der Waals surface area (Å²) in [5, 5.41) is 14.8. The van der Waals surface area contributed by atoms with Gasteiger partial charge in [-0.1, -0.05) is 84.9 Å². The lowest BCUT2D eigenvalue weighted by atomic mass is 9.88. The molecule has 4 rings (SSSR count). The third-order valence-electron chi connectivity index (χ3n) is 5.09. The Morgan fingerprint density at radius 1 is 0.857 bits per heavy atom. The molecule has 4 heteroatoms. The summed E-state index contributed by atoms with van der Waals surface area (Å²) in [6, 6.07) is 26.9. The first-order valence-electron chi connectivity index (χ1n) is 9.12. The maximum atomic E-state index is 12.9. The molecule has 0 saturated heterocycles. The van der Waals surface area contributed by atoms with Gasteiger partial charge in [0.05, 0.1) is 5.71 Å². The van der Waals surface area contributed by atoms with Gasteiger partial charge < -0.3 is 10.9 Å². The molecule has 3 N–H and O–H groups in total. The van der Waals surface area contributed by atoms with E-state index in [1.807, 2.05) is 66.7 Å². The molecule has 138 valence electrons. The minimum atomic E-state index is -0.877. The highest BCUT2D eigenvalue weighted by atomic mass is 16.3. The molecule has 0 heterocycles. The molecular formula is C24H20N2O2. The molecule has 3 aromatic carbocycles. The van der Waals surface area contributed by atoms with Crippen LogP contribution in [0.4, 0.5) is 0 Å². The van der Waals surface area contributed by atoms with E-state index >= 15 is 0 Å². The fourth-order valence-electron chi connectivity index (χ4n) is 3.75. The normalized spacial score (nSPS) is 17.9. The van der Waals surface area contributed by atoms with Crippen LogP contribution in [0.5, 0.6) is 0 Å². The first-order chi connectivity index (χ1) is 13.7. The van der Waals surface area contributed by atoms with Crippen molar-refractivity contribution < 1.29 is 9.90 Å². The lowest BCUT2D eigenvalue weighted by Crippen LogP contribution is -2.20. The standard InChI is InChI=1S/C24H20N2O2/c25-26-23-18-13-7-8-14-19(18)24(28)22(23)21(27)15-20(16-9-3-1-4-10-16)17-11-5-2-6-12-17/h1-15,20,22,27H,25H2/b21-15-,26-23+. The number of Topliss-reactive ketones (excluding diaryl/α,β-unsaturated/α-hetero) is 1. The number of hydrazone groups is 1. The second-order valence-electron chi connectivity index (χ2n) is 6.75. The quantitative estimate of drug-likeness (QED) is 0.406. The molecular weight excluding hydrogens is 348 g/mol. The van der Waals surface area contributed by atoms with E-state index in [0.29, 0.717) is 16.8 Å². The van der Waals surface area contributed by atoms with Crippen molar-refractivity contribution in [1.29, 1.82) is 0 Å². The number of hydrogen-bond acceptors (Lipinski definition) is 4. The number of aliphatic hydroxyl groups excluding tert-OH is 1. The van der Waals surface area contributed by atoms with Gasteiger partial charge in [0, 0.05) is 17.0 Å². The van der Waals surface area contributed by atoms with Gasteiger partial charge in [-0.05, 0) is 17.2 Å². The zero-order valence-corrected chi connectivity index (χ0v) is 15.2. The van der Waals surface area contributed by atoms with Gasteiger partial charge in [0.2, 0.25) is 0 Å². The van der Waals surface area contributed by atoms with Gasteiger partial charge in [-0.25, -0.2) is 0 Å². The lowest BCUT2D eigenvalue weighted by molar-refractivity contribution is 0.0957. The van der Waals surface area contributed by atoms with Crippen molar-refractivity contribution in [3.05, 3.63) is 119 Å². The van der Waals surface area contributed by atoms with Crippen molar-refractivity contribution in [3.8, 4) is 0 Å². The first kappa shape index (κ1) is 17.7. The highest BCUT2D eigenvalue weighted by Crippen LogP contribution is 2.34. The Morgan fingerprint density at radius 3 is 1.89 bits per heavy atom. The van der Waals surface area contributed by atoms with Gasteiger partial charge in [0.25, 0.3) is 0 Å². The summed E-state index contributed by atoms with van der Waals surface area (Å²) in [5.41, 5.74) is 3.65. The molecule has 28 heavy (non-hydrogen) atoms. The third kappa shape index (κ3) is 3.09. The number of nitrogens with zero attached hydrogens (tertiary/aromatic N) is 1. The van der Waals surface area contributed by atoms with Crippen molar-refractivity contribution in [2.75, 3.05) is 0 Å². The Labute approximate surface area is 163 Å². The van der Waals surface area contributed by atoms with Crippen molar-refractivity contribution in [3.63, 3.8) is 0 Å². The number of rotatable bonds is 4. The summed E-state index contributed by atoms with van der Waals surface area (Å²) in [6.45, 7) is 0. The number of hydrogen-bond donors (Lipinski definition) is 2. The second-order valence-corrected chi connectivity index (χ2v) is 6.75. The van der Waals surface area contributed by atoms with Crippen LogP contribution in [0.1, 0.15) is 33.0 Å². The van der Waals surface area contributed by atoms with E-state index in [1.165, 1.54) is 0 Å². The SMILES string of the molecule is N/N=C1\c2ccccc2C(=O)C1/C(O)=C/C(c1ccccc1)c1ccccc1. The summed E-state index contributed by atoms with van der Waals surface area (Å²) in [6.07, 6.45) is 1.73. The molecule has 0 fully saturated rings. The maximum Gasteiger partial charge on any atom is 0.180 e. The predicted octanol–water partition coefficient (Wildman–Crippen LogP) is 4.44. The first-order valence-corrected chi connectivity index (χ1v) is 9.12. The highest BCUT2D eigenvalue weighted by Gasteiger charge is 2.39. The zero-order valence-electron chi connectivity index (χ0n) is 15.2. The van der Waals surface area contributed by atoms with Gasteiger partial charge in [0.15, 0.2) is 5.78 Å². The molecule has 0 bridgehead atoms. The molecule has 3 aromatic rings. The van der Waals surface area contributed by atoms with Crippen LogP contribution in [0.25, 0.3) is 0 Å². The average Bonchev–Trinajstić information content (AvgIpc) is 3.05. The minimum absolute atomic E-state index is 0.0388. The third-order valence-corrected chi connectivity index (χ3v) is 5.09. The lowest BCUT2D eigenvalue weighted by Gasteiger charge is -2.17. The number of fused-ring (bicyclic) bond motifs is 1. The topological polar surface area (TPSA) is 75.7 Å². The molecule has 1 aliphatic carbocycles. The number of carbonyl (C=O) groups excluding carboxylic acids is 1. The van der Waals surface area contributed by atoms with Crippen LogP contribution in [0.2, 0.25) is 0 Å². The van der Waals surface area contributed by atoms with Crippen LogP contribution in [-0.2, 0) is 0 Å². The van der Waals surface area contributed by atoms with E-state index in [2.05, 4.69) is 5.10 Å². The van der Waals surface area contributed by atoms with E-state index in [1.54, 1.807) is 24.3 Å². The van der Waals surface area contributed by atoms with E-state index in [-0.39, 0.29) is 17.5 Å². The fourth-order valence-corrected chi connectivity index (χ4v) is 3.75. The zero-order chi connectivity index (χ0) is 19.5. The highest BCUT2D eigenvalue weighted by molar-refractivity contribution is 6.29. The van der Waals surface area contributed by atoms with Gasteiger partial charge in [-0.3, -0.25) is 4.79 Å². The number of nitrogens with two attached hydrogens (primary N) is 1. The molecule has 1 atom stereocenters. The van der Waals surface area contributed by atoms with E-state index in [0.717, 1.165) is 11.1 Å². The molecule has 4 nitrogen and oxygen atoms in total. The predicted molar refractivity (Wildman–Crippen MR) is 110 cm³/mol. The Morgan fingerprint density at radius 2 is 1.36 bits per heavy atom. The number of allylic oxidation sites excluding steroid dienone is 2. The van der Waals surface area contributed by atoms with Crippen molar-refractivity contribution in [1.82, 2.24) is 0 Å². The summed E-state index contributed by atoms with van der Waals surface area (Å²) >= 11 is 0. The monoisotopic (exact) mass is 368 g/mol. The van der Waals surface area contributed by atoms with Crippen LogP contribution in [0, 0.1) is 5.92 Å². The largest absolute Gasteiger partial charge is 0.511 e. The van der Waals surface area contributed by atoms with Crippen molar-refractivity contribution >= 4 is 11.5 Å². The van der Waals surface area contributed by atoms with Crippen LogP contribution < -0.4 is 5.84 Å². The number of carbonyl (C=O) groups is 1. The average molecular weight is 368 g/mol. The molecule has 0 saturated carbocycles. The summed E-state index contributed by atoms with van der Waals surface area (Å²) in [7, 11) is 0. The Bertz CT molecular complexity index is 1020. The Kier molecular flexibility index (Phi) is 4.77. The molecule has 1 aliphatic rings. The Hall–Kier alpha value is -3.66. The summed E-state index contributed by atoms with van der Waals surface area (Å²) in [4.78, 5) is 12.9. The van der Waals surface area contributed by atoms with E-state index in [4.69, 9.17) is 5.84 Å². The van der Waals surface area contributed by atoms with Gasteiger partial charge >= 0.3 is 0 Å². The molecule has 0 radical (unpaired) electrons. The second kappa shape index (κ2) is 7.53. The fraction of sp³-hybridized carbons (Fsp3) is 0.0833. The maximum absolute atomic E-state index is 12.9. The molecule has 1 unspecified atom stereocenters. The molecule has 0 aliphatic heterocycles. The van der Waals surface area contributed by atoms with E-state index in [9.17, 15) is 9.90 Å². The van der Waals surface area contributed by atoms with Crippen LogP contribution in [0.3, 0.4) is 0 Å². The number of aliphatic hydroxyl groups is 1. The number of ketones is 1. The summed E-state index contributed by atoms with van der Waals surface area (Å²) in [5.74, 6) is 4.29.